The van der Waals surface area contributed by atoms with Crippen molar-refractivity contribution in [3.05, 3.63) is 54.2 Å². The summed E-state index contributed by atoms with van der Waals surface area (Å²) in [5, 5.41) is 3.36. The second-order valence-corrected chi connectivity index (χ2v) is 7.61. The number of nitrogens with one attached hydrogen (secondary N) is 1. The van der Waals surface area contributed by atoms with Crippen LogP contribution in [0, 0.1) is 0 Å². The average Bonchev–Trinajstić information content (AvgIpc) is 2.82. The van der Waals surface area contributed by atoms with Gasteiger partial charge in [0.15, 0.2) is 5.96 Å². The summed E-state index contributed by atoms with van der Waals surface area (Å²) in [5.41, 5.74) is 2.29. The highest BCUT2D eigenvalue weighted by Crippen LogP contribution is 2.26. The Hall–Kier alpha value is -2.36. The summed E-state index contributed by atoms with van der Waals surface area (Å²) in [6, 6.07) is 14.2. The standard InChI is InChI=1S/C23H30N6O.HI/c1-2-24-23(28-16-14-27(15-17-28)21-11-5-6-12-25-21)26-18-22(30)29-13-7-9-19-8-3-4-10-20(19)29;/h3-6,8,10-12H,2,7,9,13-18H2,1H3,(H,24,26);1H. The van der Waals surface area contributed by atoms with Crippen molar-refractivity contribution < 1.29 is 4.79 Å². The number of hydrogen-bond donors (Lipinski definition) is 1. The van der Waals surface area contributed by atoms with E-state index in [1.165, 1.54) is 5.56 Å². The Labute approximate surface area is 201 Å². The molecule has 2 aliphatic heterocycles. The molecule has 1 aromatic heterocycles. The maximum Gasteiger partial charge on any atom is 0.248 e. The summed E-state index contributed by atoms with van der Waals surface area (Å²) in [5.74, 6) is 1.89. The number of aryl methyl sites for hydroxylation is 1. The highest BCUT2D eigenvalue weighted by atomic mass is 127. The molecule has 1 saturated heterocycles. The van der Waals surface area contributed by atoms with Gasteiger partial charge in [0.1, 0.15) is 12.4 Å². The fourth-order valence-electron chi connectivity index (χ4n) is 4.13. The number of para-hydroxylation sites is 1. The van der Waals surface area contributed by atoms with Crippen LogP contribution in [-0.4, -0.2) is 67.6 Å². The summed E-state index contributed by atoms with van der Waals surface area (Å²) >= 11 is 0. The Morgan fingerprint density at radius 3 is 2.58 bits per heavy atom. The van der Waals surface area contributed by atoms with Gasteiger partial charge < -0.3 is 20.0 Å². The number of piperazine rings is 1. The maximum absolute atomic E-state index is 12.9. The minimum atomic E-state index is 0. The molecule has 2 aliphatic rings. The zero-order valence-electron chi connectivity index (χ0n) is 18.0. The second kappa shape index (κ2) is 11.3. The maximum atomic E-state index is 12.9. The second-order valence-electron chi connectivity index (χ2n) is 7.61. The largest absolute Gasteiger partial charge is 0.357 e. The van der Waals surface area contributed by atoms with Crippen molar-refractivity contribution in [3.8, 4) is 0 Å². The summed E-state index contributed by atoms with van der Waals surface area (Å²) in [6.07, 6.45) is 3.87. The fourth-order valence-corrected chi connectivity index (χ4v) is 4.13. The first-order chi connectivity index (χ1) is 14.8. The molecule has 0 atom stereocenters. The lowest BCUT2D eigenvalue weighted by Gasteiger charge is -2.37. The van der Waals surface area contributed by atoms with Crippen molar-refractivity contribution in [2.24, 2.45) is 4.99 Å². The third kappa shape index (κ3) is 5.66. The first kappa shape index (κ1) is 23.3. The van der Waals surface area contributed by atoms with Crippen LogP contribution in [0.15, 0.2) is 53.7 Å². The van der Waals surface area contributed by atoms with Crippen molar-refractivity contribution >= 4 is 47.3 Å². The van der Waals surface area contributed by atoms with Gasteiger partial charge in [0.05, 0.1) is 0 Å². The topological polar surface area (TPSA) is 64.1 Å². The molecule has 0 aliphatic carbocycles. The highest BCUT2D eigenvalue weighted by molar-refractivity contribution is 14.0. The van der Waals surface area contributed by atoms with Crippen LogP contribution in [0.25, 0.3) is 0 Å². The molecule has 8 heteroatoms. The molecule has 3 heterocycles. The number of guanidine groups is 1. The molecule has 0 unspecified atom stereocenters. The van der Waals surface area contributed by atoms with Gasteiger partial charge in [0.2, 0.25) is 5.91 Å². The highest BCUT2D eigenvalue weighted by Gasteiger charge is 2.23. The minimum absolute atomic E-state index is 0. The molecule has 31 heavy (non-hydrogen) atoms. The van der Waals surface area contributed by atoms with Gasteiger partial charge >= 0.3 is 0 Å². The quantitative estimate of drug-likeness (QED) is 0.372. The predicted molar refractivity (Wildman–Crippen MR) is 137 cm³/mol. The van der Waals surface area contributed by atoms with Crippen molar-refractivity contribution in [1.29, 1.82) is 0 Å². The Bertz CT molecular complexity index is 883. The SMILES string of the molecule is CCNC(=NCC(=O)N1CCCc2ccccc21)N1CCN(c2ccccn2)CC1.I. The number of benzene rings is 1. The molecule has 166 valence electrons. The van der Waals surface area contributed by atoms with Gasteiger partial charge in [-0.1, -0.05) is 24.3 Å². The van der Waals surface area contributed by atoms with E-state index in [-0.39, 0.29) is 36.4 Å². The predicted octanol–water partition coefficient (Wildman–Crippen LogP) is 2.77. The molecule has 0 saturated carbocycles. The van der Waals surface area contributed by atoms with E-state index >= 15 is 0 Å². The van der Waals surface area contributed by atoms with Gasteiger partial charge in [0.25, 0.3) is 0 Å². The van der Waals surface area contributed by atoms with E-state index in [9.17, 15) is 4.79 Å². The van der Waals surface area contributed by atoms with Crippen LogP contribution in [0.5, 0.6) is 0 Å². The lowest BCUT2D eigenvalue weighted by molar-refractivity contribution is -0.117. The minimum Gasteiger partial charge on any atom is -0.357 e. The number of amides is 1. The third-order valence-electron chi connectivity index (χ3n) is 5.66. The first-order valence-corrected chi connectivity index (χ1v) is 10.8. The number of hydrogen-bond acceptors (Lipinski definition) is 4. The Morgan fingerprint density at radius 1 is 1.06 bits per heavy atom. The third-order valence-corrected chi connectivity index (χ3v) is 5.66. The van der Waals surface area contributed by atoms with Crippen LogP contribution >= 0.6 is 24.0 Å². The zero-order chi connectivity index (χ0) is 20.8. The average molecular weight is 534 g/mol. The van der Waals surface area contributed by atoms with Gasteiger partial charge in [0, 0.05) is 51.2 Å². The van der Waals surface area contributed by atoms with Crippen LogP contribution < -0.4 is 15.1 Å². The van der Waals surface area contributed by atoms with Gasteiger partial charge in [-0.3, -0.25) is 4.79 Å². The zero-order valence-corrected chi connectivity index (χ0v) is 20.4. The van der Waals surface area contributed by atoms with E-state index in [0.29, 0.717) is 0 Å². The number of nitrogens with zero attached hydrogens (tertiary/aromatic N) is 5. The number of pyridine rings is 1. The molecule has 1 amide bonds. The molecule has 0 bridgehead atoms. The lowest BCUT2D eigenvalue weighted by atomic mass is 10.0. The van der Waals surface area contributed by atoms with Gasteiger partial charge in [-0.05, 0) is 43.5 Å². The van der Waals surface area contributed by atoms with Gasteiger partial charge in [-0.25, -0.2) is 9.98 Å². The Morgan fingerprint density at radius 2 is 1.84 bits per heavy atom. The molecule has 4 rings (SSSR count). The van der Waals surface area contributed by atoms with Crippen molar-refractivity contribution in [3.63, 3.8) is 0 Å². The molecule has 1 fully saturated rings. The number of fused-ring (bicyclic) bond motifs is 1. The monoisotopic (exact) mass is 534 g/mol. The van der Waals surface area contributed by atoms with E-state index < -0.39 is 0 Å². The molecule has 0 spiro atoms. The van der Waals surface area contributed by atoms with Crippen molar-refractivity contribution in [2.45, 2.75) is 19.8 Å². The van der Waals surface area contributed by atoms with E-state index in [4.69, 9.17) is 0 Å². The van der Waals surface area contributed by atoms with Gasteiger partial charge in [-0.15, -0.1) is 24.0 Å². The summed E-state index contributed by atoms with van der Waals surface area (Å²) in [4.78, 5) is 28.5. The van der Waals surface area contributed by atoms with Crippen LogP contribution in [0.1, 0.15) is 18.9 Å². The smallest absolute Gasteiger partial charge is 0.248 e. The molecule has 1 N–H and O–H groups in total. The number of carbonyl (C=O) groups excluding carboxylic acids is 1. The normalized spacial score (nSPS) is 16.4. The van der Waals surface area contributed by atoms with E-state index in [1.54, 1.807) is 0 Å². The van der Waals surface area contributed by atoms with Crippen molar-refractivity contribution in [2.75, 3.05) is 55.6 Å². The summed E-state index contributed by atoms with van der Waals surface area (Å²) < 4.78 is 0. The number of aromatic nitrogens is 1. The molecule has 2 aromatic rings. The lowest BCUT2D eigenvalue weighted by Crippen LogP contribution is -2.53. The Balaban J connectivity index is 0.00000272. The molecular formula is C23H31IN6O. The number of anilines is 2. The summed E-state index contributed by atoms with van der Waals surface area (Å²) in [6.45, 7) is 7.24. The van der Waals surface area contributed by atoms with Crippen LogP contribution in [0.3, 0.4) is 0 Å². The molecule has 7 nitrogen and oxygen atoms in total. The number of rotatable bonds is 4. The molecule has 0 radical (unpaired) electrons. The first-order valence-electron chi connectivity index (χ1n) is 10.8. The molecular weight excluding hydrogens is 503 g/mol. The summed E-state index contributed by atoms with van der Waals surface area (Å²) in [7, 11) is 0. The van der Waals surface area contributed by atoms with E-state index in [2.05, 4.69) is 38.1 Å². The van der Waals surface area contributed by atoms with E-state index in [1.807, 2.05) is 47.5 Å². The number of halogens is 1. The fraction of sp³-hybridized carbons (Fsp3) is 0.435. The number of carbonyl (C=O) groups is 1. The van der Waals surface area contributed by atoms with Crippen LogP contribution in [0.2, 0.25) is 0 Å². The van der Waals surface area contributed by atoms with Gasteiger partial charge in [-0.2, -0.15) is 0 Å². The number of aliphatic imine (C=N–C) groups is 1. The van der Waals surface area contributed by atoms with Crippen molar-refractivity contribution in [1.82, 2.24) is 15.2 Å². The van der Waals surface area contributed by atoms with E-state index in [0.717, 1.165) is 69.6 Å². The van der Waals surface area contributed by atoms with Crippen LogP contribution in [-0.2, 0) is 11.2 Å². The molecule has 1 aromatic carbocycles. The van der Waals surface area contributed by atoms with Crippen LogP contribution in [0.4, 0.5) is 11.5 Å². The Kier molecular flexibility index (Phi) is 8.51.